The van der Waals surface area contributed by atoms with Crippen LogP contribution < -0.4 is 4.74 Å². The molecule has 0 amide bonds. The van der Waals surface area contributed by atoms with Gasteiger partial charge in [-0.2, -0.15) is 0 Å². The normalized spacial score (nSPS) is 10.4. The van der Waals surface area contributed by atoms with E-state index in [-0.39, 0.29) is 5.69 Å². The Hall–Kier alpha value is -2.10. The molecule has 4 nitrogen and oxygen atoms in total. The number of hydrogen-bond donors (Lipinski definition) is 1. The number of nitrogens with zero attached hydrogens (tertiary/aromatic N) is 1. The number of aromatic carboxylic acids is 1. The Morgan fingerprint density at radius 3 is 2.81 bits per heavy atom. The van der Waals surface area contributed by atoms with Gasteiger partial charge in [-0.3, -0.25) is 0 Å². The Kier molecular flexibility index (Phi) is 2.48. The number of carbonyl (C=O) groups is 1. The summed E-state index contributed by atoms with van der Waals surface area (Å²) < 4.78 is 5.16. The van der Waals surface area contributed by atoms with E-state index >= 15 is 0 Å². The lowest BCUT2D eigenvalue weighted by atomic mass is 10.1. The minimum absolute atomic E-state index is 0.0366. The van der Waals surface area contributed by atoms with E-state index in [1.165, 1.54) is 0 Å². The number of aryl methyl sites for hydroxylation is 1. The summed E-state index contributed by atoms with van der Waals surface area (Å²) in [6, 6.07) is 7.08. The molecule has 1 N–H and O–H groups in total. The summed E-state index contributed by atoms with van der Waals surface area (Å²) in [7, 11) is 1.54. The molecule has 82 valence electrons. The van der Waals surface area contributed by atoms with Gasteiger partial charge in [0.1, 0.15) is 17.0 Å². The number of pyridine rings is 1. The molecule has 0 aliphatic heterocycles. The van der Waals surface area contributed by atoms with Crippen molar-refractivity contribution < 1.29 is 14.6 Å². The van der Waals surface area contributed by atoms with Gasteiger partial charge in [-0.05, 0) is 24.6 Å². The van der Waals surface area contributed by atoms with E-state index in [1.807, 2.05) is 19.1 Å². The first-order valence-electron chi connectivity index (χ1n) is 4.81. The van der Waals surface area contributed by atoms with Gasteiger partial charge in [0.25, 0.3) is 0 Å². The number of para-hydroxylation sites is 1. The first kappa shape index (κ1) is 10.4. The molecule has 0 unspecified atom stereocenters. The van der Waals surface area contributed by atoms with E-state index < -0.39 is 5.97 Å². The number of carboxylic acids is 1. The average molecular weight is 217 g/mol. The molecule has 1 heterocycles. The van der Waals surface area contributed by atoms with Gasteiger partial charge in [0.05, 0.1) is 7.11 Å². The van der Waals surface area contributed by atoms with Crippen molar-refractivity contribution >= 4 is 16.9 Å². The number of carboxylic acid groups (broad SMARTS) is 1. The minimum Gasteiger partial charge on any atom is -0.494 e. The van der Waals surface area contributed by atoms with Crippen LogP contribution in [0.1, 0.15) is 16.1 Å². The number of ether oxygens (including phenoxy) is 1. The highest BCUT2D eigenvalue weighted by molar-refractivity contribution is 5.93. The van der Waals surface area contributed by atoms with Crippen LogP contribution in [0.4, 0.5) is 0 Å². The Labute approximate surface area is 92.5 Å². The molecule has 0 bridgehead atoms. The topological polar surface area (TPSA) is 59.4 Å². The van der Waals surface area contributed by atoms with Gasteiger partial charge >= 0.3 is 5.97 Å². The SMILES string of the molecule is COc1cccc2c(C)cc(C(=O)O)nc12. The molecule has 4 heteroatoms. The Morgan fingerprint density at radius 2 is 2.19 bits per heavy atom. The van der Waals surface area contributed by atoms with E-state index in [1.54, 1.807) is 19.2 Å². The van der Waals surface area contributed by atoms with Crippen molar-refractivity contribution in [2.75, 3.05) is 7.11 Å². The molecule has 0 fully saturated rings. The maximum Gasteiger partial charge on any atom is 0.354 e. The van der Waals surface area contributed by atoms with Gasteiger partial charge in [0, 0.05) is 5.39 Å². The summed E-state index contributed by atoms with van der Waals surface area (Å²) in [5.41, 5.74) is 1.50. The van der Waals surface area contributed by atoms with Crippen LogP contribution in [-0.2, 0) is 0 Å². The van der Waals surface area contributed by atoms with Crippen molar-refractivity contribution in [3.05, 3.63) is 35.5 Å². The number of methoxy groups -OCH3 is 1. The highest BCUT2D eigenvalue weighted by atomic mass is 16.5. The maximum atomic E-state index is 10.9. The van der Waals surface area contributed by atoms with Crippen LogP contribution >= 0.6 is 0 Å². The zero-order valence-corrected chi connectivity index (χ0v) is 9.02. The van der Waals surface area contributed by atoms with E-state index in [9.17, 15) is 4.79 Å². The molecule has 0 aliphatic carbocycles. The van der Waals surface area contributed by atoms with Gasteiger partial charge in [0.2, 0.25) is 0 Å². The van der Waals surface area contributed by atoms with Crippen LogP contribution in [0, 0.1) is 6.92 Å². The third-order valence-electron chi connectivity index (χ3n) is 2.45. The Morgan fingerprint density at radius 1 is 1.44 bits per heavy atom. The molecule has 0 spiro atoms. The largest absolute Gasteiger partial charge is 0.494 e. The molecule has 1 aromatic heterocycles. The zero-order chi connectivity index (χ0) is 11.7. The van der Waals surface area contributed by atoms with Crippen LogP contribution in [0.3, 0.4) is 0 Å². The standard InChI is InChI=1S/C12H11NO3/c1-7-6-9(12(14)15)13-11-8(7)4-3-5-10(11)16-2/h3-6H,1-2H3,(H,14,15). The molecule has 16 heavy (non-hydrogen) atoms. The van der Waals surface area contributed by atoms with E-state index in [2.05, 4.69) is 4.98 Å². The molecule has 1 aromatic carbocycles. The van der Waals surface area contributed by atoms with Gasteiger partial charge in [-0.25, -0.2) is 9.78 Å². The fourth-order valence-corrected chi connectivity index (χ4v) is 1.67. The molecule has 0 aliphatic rings. The molecule has 0 atom stereocenters. The van der Waals surface area contributed by atoms with Crippen molar-refractivity contribution in [1.29, 1.82) is 0 Å². The van der Waals surface area contributed by atoms with Crippen LogP contribution in [-0.4, -0.2) is 23.2 Å². The van der Waals surface area contributed by atoms with E-state index in [4.69, 9.17) is 9.84 Å². The first-order chi connectivity index (χ1) is 7.63. The molecule has 0 saturated heterocycles. The number of hydrogen-bond acceptors (Lipinski definition) is 3. The summed E-state index contributed by atoms with van der Waals surface area (Å²) in [5.74, 6) is -0.445. The first-order valence-corrected chi connectivity index (χ1v) is 4.81. The van der Waals surface area contributed by atoms with Crippen LogP contribution in [0.15, 0.2) is 24.3 Å². The Bertz CT molecular complexity index is 563. The second-order valence-corrected chi connectivity index (χ2v) is 3.49. The number of aromatic nitrogens is 1. The molecule has 2 aromatic rings. The van der Waals surface area contributed by atoms with Crippen LogP contribution in [0.25, 0.3) is 10.9 Å². The lowest BCUT2D eigenvalue weighted by Crippen LogP contribution is -2.02. The predicted octanol–water partition coefficient (Wildman–Crippen LogP) is 2.25. The Balaban J connectivity index is 2.82. The zero-order valence-electron chi connectivity index (χ0n) is 9.02. The third-order valence-corrected chi connectivity index (χ3v) is 2.45. The minimum atomic E-state index is -1.03. The predicted molar refractivity (Wildman–Crippen MR) is 60.0 cm³/mol. The van der Waals surface area contributed by atoms with Crippen LogP contribution in [0.2, 0.25) is 0 Å². The second-order valence-electron chi connectivity index (χ2n) is 3.49. The number of rotatable bonds is 2. The number of fused-ring (bicyclic) bond motifs is 1. The monoisotopic (exact) mass is 217 g/mol. The van der Waals surface area contributed by atoms with Crippen molar-refractivity contribution in [2.24, 2.45) is 0 Å². The van der Waals surface area contributed by atoms with E-state index in [0.29, 0.717) is 11.3 Å². The van der Waals surface area contributed by atoms with Crippen molar-refractivity contribution in [2.45, 2.75) is 6.92 Å². The van der Waals surface area contributed by atoms with Gasteiger partial charge < -0.3 is 9.84 Å². The summed E-state index contributed by atoms with van der Waals surface area (Å²) in [4.78, 5) is 15.0. The van der Waals surface area contributed by atoms with Gasteiger partial charge in [-0.15, -0.1) is 0 Å². The number of benzene rings is 1. The highest BCUT2D eigenvalue weighted by Crippen LogP contribution is 2.26. The third kappa shape index (κ3) is 1.58. The fraction of sp³-hybridized carbons (Fsp3) is 0.167. The van der Waals surface area contributed by atoms with Crippen LogP contribution in [0.5, 0.6) is 5.75 Å². The lowest BCUT2D eigenvalue weighted by Gasteiger charge is -2.07. The molecular formula is C12H11NO3. The fourth-order valence-electron chi connectivity index (χ4n) is 1.67. The summed E-state index contributed by atoms with van der Waals surface area (Å²) in [6.45, 7) is 1.86. The smallest absolute Gasteiger partial charge is 0.354 e. The summed E-state index contributed by atoms with van der Waals surface area (Å²) >= 11 is 0. The van der Waals surface area contributed by atoms with E-state index in [0.717, 1.165) is 10.9 Å². The molecule has 0 radical (unpaired) electrons. The average Bonchev–Trinajstić information content (AvgIpc) is 2.28. The summed E-state index contributed by atoms with van der Waals surface area (Å²) in [6.07, 6.45) is 0. The lowest BCUT2D eigenvalue weighted by molar-refractivity contribution is 0.0691. The van der Waals surface area contributed by atoms with Crippen molar-refractivity contribution in [1.82, 2.24) is 4.98 Å². The molecule has 2 rings (SSSR count). The van der Waals surface area contributed by atoms with Gasteiger partial charge in [0.15, 0.2) is 0 Å². The van der Waals surface area contributed by atoms with Crippen molar-refractivity contribution in [3.63, 3.8) is 0 Å². The summed E-state index contributed by atoms with van der Waals surface area (Å²) in [5, 5.41) is 9.84. The van der Waals surface area contributed by atoms with Gasteiger partial charge in [-0.1, -0.05) is 12.1 Å². The molecular weight excluding hydrogens is 206 g/mol. The van der Waals surface area contributed by atoms with Crippen molar-refractivity contribution in [3.8, 4) is 5.75 Å². The maximum absolute atomic E-state index is 10.9. The highest BCUT2D eigenvalue weighted by Gasteiger charge is 2.11. The second kappa shape index (κ2) is 3.81. The quantitative estimate of drug-likeness (QED) is 0.838. The molecule has 0 saturated carbocycles.